The Morgan fingerprint density at radius 3 is 1.94 bits per heavy atom. The summed E-state index contributed by atoms with van der Waals surface area (Å²) in [6.07, 6.45) is -3.99. The quantitative estimate of drug-likeness (QED) is 0.485. The minimum atomic E-state index is -4.96. The van der Waals surface area contributed by atoms with Crippen molar-refractivity contribution in [2.24, 2.45) is 0 Å². The maximum atomic E-state index is 13.3. The molecule has 2 aromatic carbocycles. The smallest absolute Gasteiger partial charge is 0.264 e. The molecule has 0 N–H and O–H groups in total. The average molecular weight is 506 g/mol. The molecule has 7 nitrogen and oxygen atoms in total. The maximum absolute atomic E-state index is 13.3. The number of sulfone groups is 1. The van der Waals surface area contributed by atoms with E-state index in [1.165, 1.54) is 48.5 Å². The fraction of sp³-hybridized carbons (Fsp3) is 0.158. The first-order valence-corrected chi connectivity index (χ1v) is 12.4. The number of hydrogen-bond donors (Lipinski definition) is 0. The van der Waals surface area contributed by atoms with Crippen molar-refractivity contribution >= 4 is 37.1 Å². The molecule has 0 radical (unpaired) electrons. The van der Waals surface area contributed by atoms with Gasteiger partial charge in [0.1, 0.15) is 11.4 Å². The molecule has 0 atom stereocenters. The van der Waals surface area contributed by atoms with Crippen molar-refractivity contribution in [1.29, 1.82) is 0 Å². The van der Waals surface area contributed by atoms with Crippen LogP contribution in [0.25, 0.3) is 11.3 Å². The lowest BCUT2D eigenvalue weighted by Gasteiger charge is -2.23. The van der Waals surface area contributed by atoms with Crippen molar-refractivity contribution in [3.05, 3.63) is 65.6 Å². The molecule has 0 aliphatic rings. The predicted octanol–water partition coefficient (Wildman–Crippen LogP) is 4.04. The van der Waals surface area contributed by atoms with E-state index in [0.29, 0.717) is 4.31 Å². The van der Waals surface area contributed by atoms with E-state index < -0.39 is 48.4 Å². The largest absolute Gasteiger partial charge is 0.451 e. The lowest BCUT2D eigenvalue weighted by molar-refractivity contribution is -0.144. The number of sulfonamides is 1. The number of halogens is 4. The third kappa shape index (κ3) is 4.71. The van der Waals surface area contributed by atoms with E-state index in [1.807, 2.05) is 0 Å². The van der Waals surface area contributed by atoms with Crippen molar-refractivity contribution in [1.82, 2.24) is 9.97 Å². The first kappa shape index (κ1) is 24.0. The molecule has 1 aromatic heterocycles. The molecule has 170 valence electrons. The Kier molecular flexibility index (Phi) is 6.24. The van der Waals surface area contributed by atoms with Crippen molar-refractivity contribution in [2.45, 2.75) is 16.0 Å². The SMILES string of the molecule is CN(c1c(Cl)nc(C(F)(F)F)nc1-c1ccc(S(C)(=O)=O)cc1)S(=O)(=O)c1ccccc1. The van der Waals surface area contributed by atoms with Crippen LogP contribution in [0.4, 0.5) is 18.9 Å². The maximum Gasteiger partial charge on any atom is 0.451 e. The summed E-state index contributed by atoms with van der Waals surface area (Å²) in [4.78, 5) is 6.55. The van der Waals surface area contributed by atoms with E-state index in [4.69, 9.17) is 11.6 Å². The molecule has 0 aliphatic heterocycles. The summed E-state index contributed by atoms with van der Waals surface area (Å²) in [5.41, 5.74) is -0.813. The fourth-order valence-electron chi connectivity index (χ4n) is 2.77. The van der Waals surface area contributed by atoms with Gasteiger partial charge in [0.2, 0.25) is 5.82 Å². The summed E-state index contributed by atoms with van der Waals surface area (Å²) in [6.45, 7) is 0. The molecule has 0 aliphatic carbocycles. The van der Waals surface area contributed by atoms with Gasteiger partial charge < -0.3 is 0 Å². The standard InChI is InChI=1S/C19H15ClF3N3O4S2/c1-26(32(29,30)14-6-4-3-5-7-14)16-15(24-18(19(21,22)23)25-17(16)20)12-8-10-13(11-9-12)31(2,27)28/h3-11H,1-2H3. The molecule has 0 saturated carbocycles. The Morgan fingerprint density at radius 2 is 1.44 bits per heavy atom. The van der Waals surface area contributed by atoms with Crippen LogP contribution in [0.2, 0.25) is 5.15 Å². The molecular formula is C19H15ClF3N3O4S2. The molecular weight excluding hydrogens is 491 g/mol. The van der Waals surface area contributed by atoms with Crippen LogP contribution >= 0.6 is 11.6 Å². The number of alkyl halides is 3. The molecule has 0 amide bonds. The molecule has 13 heteroatoms. The summed E-state index contributed by atoms with van der Waals surface area (Å²) in [5.74, 6) is -1.57. The van der Waals surface area contributed by atoms with Gasteiger partial charge in [-0.3, -0.25) is 4.31 Å². The van der Waals surface area contributed by atoms with Crippen LogP contribution in [0.3, 0.4) is 0 Å². The third-order valence-corrected chi connectivity index (χ3v) is 7.53. The third-order valence-electron chi connectivity index (χ3n) is 4.37. The highest BCUT2D eigenvalue weighted by molar-refractivity contribution is 7.92. The Bertz CT molecular complexity index is 1360. The van der Waals surface area contributed by atoms with E-state index >= 15 is 0 Å². The van der Waals surface area contributed by atoms with E-state index in [0.717, 1.165) is 13.3 Å². The van der Waals surface area contributed by atoms with Crippen molar-refractivity contribution in [2.75, 3.05) is 17.6 Å². The molecule has 0 saturated heterocycles. The zero-order valence-corrected chi connectivity index (χ0v) is 18.9. The first-order valence-electron chi connectivity index (χ1n) is 8.72. The van der Waals surface area contributed by atoms with Gasteiger partial charge in [-0.25, -0.2) is 26.8 Å². The van der Waals surface area contributed by atoms with E-state index in [9.17, 15) is 30.0 Å². The number of aromatic nitrogens is 2. The highest BCUT2D eigenvalue weighted by Gasteiger charge is 2.38. The van der Waals surface area contributed by atoms with Gasteiger partial charge in [0.25, 0.3) is 10.0 Å². The molecule has 32 heavy (non-hydrogen) atoms. The minimum Gasteiger partial charge on any atom is -0.264 e. The molecule has 0 fully saturated rings. The monoisotopic (exact) mass is 505 g/mol. The van der Waals surface area contributed by atoms with E-state index in [-0.39, 0.29) is 15.4 Å². The Morgan fingerprint density at radius 1 is 0.875 bits per heavy atom. The zero-order chi connectivity index (χ0) is 23.9. The summed E-state index contributed by atoms with van der Waals surface area (Å²) in [5, 5.41) is -0.739. The van der Waals surface area contributed by atoms with Crippen molar-refractivity contribution in [3.63, 3.8) is 0 Å². The fourth-order valence-corrected chi connectivity index (χ4v) is 4.97. The first-order chi connectivity index (χ1) is 14.7. The molecule has 0 bridgehead atoms. The number of nitrogens with zero attached hydrogens (tertiary/aromatic N) is 3. The Balaban J connectivity index is 2.27. The summed E-state index contributed by atoms with van der Waals surface area (Å²) in [7, 11) is -6.70. The second-order valence-electron chi connectivity index (χ2n) is 6.62. The minimum absolute atomic E-state index is 0.0114. The van der Waals surface area contributed by atoms with Gasteiger partial charge >= 0.3 is 6.18 Å². The van der Waals surface area contributed by atoms with Gasteiger partial charge in [-0.15, -0.1) is 0 Å². The van der Waals surface area contributed by atoms with Crippen LogP contribution in [0.15, 0.2) is 64.4 Å². The van der Waals surface area contributed by atoms with Crippen LogP contribution < -0.4 is 4.31 Å². The lowest BCUT2D eigenvalue weighted by Crippen LogP contribution is -2.28. The van der Waals surface area contributed by atoms with Crippen molar-refractivity contribution < 1.29 is 30.0 Å². The highest BCUT2D eigenvalue weighted by Crippen LogP contribution is 2.39. The number of rotatable bonds is 5. The summed E-state index contributed by atoms with van der Waals surface area (Å²) in [6, 6.07) is 11.9. The molecule has 0 spiro atoms. The topological polar surface area (TPSA) is 97.3 Å². The van der Waals surface area contributed by atoms with Gasteiger partial charge in [0, 0.05) is 18.9 Å². The Labute approximate surface area is 187 Å². The number of hydrogen-bond acceptors (Lipinski definition) is 6. The van der Waals surface area contributed by atoms with Crippen molar-refractivity contribution in [3.8, 4) is 11.3 Å². The number of benzene rings is 2. The van der Waals surface area contributed by atoms with Crippen LogP contribution in [0.1, 0.15) is 5.82 Å². The van der Waals surface area contributed by atoms with Crippen LogP contribution in [0.5, 0.6) is 0 Å². The van der Waals surface area contributed by atoms with Gasteiger partial charge in [-0.1, -0.05) is 41.9 Å². The van der Waals surface area contributed by atoms with Crippen LogP contribution in [-0.4, -0.2) is 40.1 Å². The van der Waals surface area contributed by atoms with Crippen LogP contribution in [0, 0.1) is 0 Å². The van der Waals surface area contributed by atoms with Crippen LogP contribution in [-0.2, 0) is 26.0 Å². The van der Waals surface area contributed by atoms with E-state index in [2.05, 4.69) is 9.97 Å². The Hall–Kier alpha value is -2.70. The van der Waals surface area contributed by atoms with Gasteiger partial charge in [0.15, 0.2) is 15.0 Å². The normalized spacial score (nSPS) is 12.6. The zero-order valence-electron chi connectivity index (χ0n) is 16.5. The van der Waals surface area contributed by atoms with E-state index in [1.54, 1.807) is 6.07 Å². The number of anilines is 1. The van der Waals surface area contributed by atoms with Gasteiger partial charge in [-0.2, -0.15) is 13.2 Å². The van der Waals surface area contributed by atoms with Gasteiger partial charge in [0.05, 0.1) is 9.79 Å². The lowest BCUT2D eigenvalue weighted by atomic mass is 10.1. The highest BCUT2D eigenvalue weighted by atomic mass is 35.5. The summed E-state index contributed by atoms with van der Waals surface area (Å²) >= 11 is 6.03. The summed E-state index contributed by atoms with van der Waals surface area (Å²) < 4.78 is 90.1. The average Bonchev–Trinajstić information content (AvgIpc) is 2.72. The predicted molar refractivity (Wildman–Crippen MR) is 113 cm³/mol. The van der Waals surface area contributed by atoms with Gasteiger partial charge in [-0.05, 0) is 24.3 Å². The molecule has 0 unspecified atom stereocenters. The second-order valence-corrected chi connectivity index (χ2v) is 11.0. The molecule has 3 rings (SSSR count). The second kappa shape index (κ2) is 8.34. The molecule has 3 aromatic rings. The molecule has 1 heterocycles.